The lowest BCUT2D eigenvalue weighted by Crippen LogP contribution is -2.33. The second-order valence-corrected chi connectivity index (χ2v) is 9.19. The van der Waals surface area contributed by atoms with Crippen molar-refractivity contribution >= 4 is 10.0 Å². The molecule has 2 aliphatic carbocycles. The van der Waals surface area contributed by atoms with Crippen LogP contribution in [0.2, 0.25) is 0 Å². The highest BCUT2D eigenvalue weighted by Crippen LogP contribution is 2.24. The lowest BCUT2D eigenvalue weighted by atomic mass is 9.92. The highest BCUT2D eigenvalue weighted by Gasteiger charge is 2.18. The zero-order valence-corrected chi connectivity index (χ0v) is 16.2. The minimum atomic E-state index is -3.59. The predicted octanol–water partition coefficient (Wildman–Crippen LogP) is 1.98. The molecule has 0 amide bonds. The summed E-state index contributed by atoms with van der Waals surface area (Å²) in [5, 5.41) is 4.43. The van der Waals surface area contributed by atoms with Crippen molar-refractivity contribution in [1.29, 1.82) is 0 Å². The van der Waals surface area contributed by atoms with Gasteiger partial charge in [-0.15, -0.1) is 0 Å². The van der Waals surface area contributed by atoms with E-state index >= 15 is 0 Å². The fraction of sp³-hybridized carbons (Fsp3) is 0.500. The molecule has 144 valence electrons. The number of hydrogen-bond acceptors (Lipinski definition) is 4. The highest BCUT2D eigenvalue weighted by atomic mass is 32.2. The standard InChI is InChI=1S/C20H25N3O3S/c24-20-14-17-7-3-4-8-19(17)22-23(20)12-11-21-27(25,26)18-10-9-15-5-1-2-6-16(15)13-18/h9-10,13-14,21H,1-8,11-12H2. The van der Waals surface area contributed by atoms with Gasteiger partial charge in [0.05, 0.1) is 17.1 Å². The summed E-state index contributed by atoms with van der Waals surface area (Å²) in [4.78, 5) is 12.5. The molecule has 0 spiro atoms. The zero-order chi connectivity index (χ0) is 18.9. The summed E-state index contributed by atoms with van der Waals surface area (Å²) in [5.41, 5.74) is 4.24. The molecule has 0 fully saturated rings. The summed E-state index contributed by atoms with van der Waals surface area (Å²) in [6, 6.07) is 7.05. The van der Waals surface area contributed by atoms with Crippen LogP contribution >= 0.6 is 0 Å². The largest absolute Gasteiger partial charge is 0.268 e. The molecule has 0 aliphatic heterocycles. The number of fused-ring (bicyclic) bond motifs is 2. The molecule has 0 radical (unpaired) electrons. The average Bonchev–Trinajstić information content (AvgIpc) is 2.68. The minimum Gasteiger partial charge on any atom is -0.268 e. The van der Waals surface area contributed by atoms with Gasteiger partial charge in [0.25, 0.3) is 5.56 Å². The molecule has 0 saturated carbocycles. The topological polar surface area (TPSA) is 81.1 Å². The Morgan fingerprint density at radius 3 is 2.44 bits per heavy atom. The number of rotatable bonds is 5. The van der Waals surface area contributed by atoms with Crippen LogP contribution < -0.4 is 10.3 Å². The Morgan fingerprint density at radius 2 is 1.63 bits per heavy atom. The molecule has 27 heavy (non-hydrogen) atoms. The van der Waals surface area contributed by atoms with E-state index in [1.54, 1.807) is 18.2 Å². The molecule has 2 aliphatic rings. The average molecular weight is 388 g/mol. The predicted molar refractivity (Wildman–Crippen MR) is 103 cm³/mol. The molecule has 4 rings (SSSR count). The molecule has 1 aromatic carbocycles. The highest BCUT2D eigenvalue weighted by molar-refractivity contribution is 7.89. The van der Waals surface area contributed by atoms with Gasteiger partial charge in [0.2, 0.25) is 10.0 Å². The van der Waals surface area contributed by atoms with Gasteiger partial charge in [-0.05, 0) is 80.2 Å². The third kappa shape index (κ3) is 3.99. The number of nitrogens with zero attached hydrogens (tertiary/aromatic N) is 2. The first-order chi connectivity index (χ1) is 13.0. The first-order valence-corrected chi connectivity index (χ1v) is 11.2. The van der Waals surface area contributed by atoms with Gasteiger partial charge < -0.3 is 0 Å². The Labute approximate surface area is 159 Å². The quantitative estimate of drug-likeness (QED) is 0.851. The number of aromatic nitrogens is 2. The van der Waals surface area contributed by atoms with Gasteiger partial charge in [0, 0.05) is 12.6 Å². The van der Waals surface area contributed by atoms with Crippen LogP contribution in [-0.4, -0.2) is 24.7 Å². The van der Waals surface area contributed by atoms with E-state index in [-0.39, 0.29) is 18.6 Å². The van der Waals surface area contributed by atoms with Crippen LogP contribution in [0.4, 0.5) is 0 Å². The summed E-state index contributed by atoms with van der Waals surface area (Å²) >= 11 is 0. The number of benzene rings is 1. The van der Waals surface area contributed by atoms with Crippen LogP contribution in [0.25, 0.3) is 0 Å². The first kappa shape index (κ1) is 18.4. The summed E-state index contributed by atoms with van der Waals surface area (Å²) in [6.45, 7) is 0.376. The van der Waals surface area contributed by atoms with Crippen molar-refractivity contribution in [2.45, 2.75) is 62.8 Å². The van der Waals surface area contributed by atoms with Crippen molar-refractivity contribution < 1.29 is 8.42 Å². The number of sulfonamides is 1. The lowest BCUT2D eigenvalue weighted by molar-refractivity contribution is 0.526. The zero-order valence-electron chi connectivity index (χ0n) is 15.4. The van der Waals surface area contributed by atoms with E-state index < -0.39 is 10.0 Å². The second-order valence-electron chi connectivity index (χ2n) is 7.42. The Balaban J connectivity index is 1.45. The number of hydrogen-bond donors (Lipinski definition) is 1. The molecule has 7 heteroatoms. The van der Waals surface area contributed by atoms with Crippen LogP contribution in [0, 0.1) is 0 Å². The molecule has 0 atom stereocenters. The number of nitrogens with one attached hydrogen (secondary N) is 1. The Kier molecular flexibility index (Phi) is 5.14. The molecular weight excluding hydrogens is 362 g/mol. The normalized spacial score (nSPS) is 16.6. The van der Waals surface area contributed by atoms with E-state index in [0.717, 1.165) is 61.8 Å². The fourth-order valence-corrected chi connectivity index (χ4v) is 5.08. The van der Waals surface area contributed by atoms with Crippen molar-refractivity contribution in [2.75, 3.05) is 6.54 Å². The van der Waals surface area contributed by atoms with E-state index in [1.807, 2.05) is 6.07 Å². The van der Waals surface area contributed by atoms with Crippen LogP contribution in [0.5, 0.6) is 0 Å². The van der Waals surface area contributed by atoms with Gasteiger partial charge in [-0.1, -0.05) is 6.07 Å². The molecule has 1 aromatic heterocycles. The molecule has 1 N–H and O–H groups in total. The van der Waals surface area contributed by atoms with Gasteiger partial charge in [0.15, 0.2) is 0 Å². The molecule has 2 aromatic rings. The summed E-state index contributed by atoms with van der Waals surface area (Å²) in [5.74, 6) is 0. The smallest absolute Gasteiger partial charge is 0.267 e. The maximum absolute atomic E-state index is 12.6. The van der Waals surface area contributed by atoms with Crippen LogP contribution in [0.3, 0.4) is 0 Å². The number of aryl methyl sites for hydroxylation is 4. The molecule has 1 heterocycles. The third-order valence-electron chi connectivity index (χ3n) is 5.52. The minimum absolute atomic E-state index is 0.144. The summed E-state index contributed by atoms with van der Waals surface area (Å²) in [6.07, 6.45) is 8.21. The maximum Gasteiger partial charge on any atom is 0.267 e. The fourth-order valence-electron chi connectivity index (χ4n) is 4.01. The molecule has 0 unspecified atom stereocenters. The second kappa shape index (κ2) is 7.56. The van der Waals surface area contributed by atoms with E-state index in [0.29, 0.717) is 4.90 Å². The lowest BCUT2D eigenvalue weighted by Gasteiger charge is -2.17. The first-order valence-electron chi connectivity index (χ1n) is 9.74. The summed E-state index contributed by atoms with van der Waals surface area (Å²) in [7, 11) is -3.59. The van der Waals surface area contributed by atoms with Gasteiger partial charge in [-0.3, -0.25) is 4.79 Å². The Hall–Kier alpha value is -1.99. The Bertz CT molecular complexity index is 1010. The van der Waals surface area contributed by atoms with Gasteiger partial charge in [-0.2, -0.15) is 5.10 Å². The van der Waals surface area contributed by atoms with Crippen LogP contribution in [-0.2, 0) is 42.3 Å². The van der Waals surface area contributed by atoms with Crippen molar-refractivity contribution in [3.63, 3.8) is 0 Å². The van der Waals surface area contributed by atoms with Gasteiger partial charge in [-0.25, -0.2) is 17.8 Å². The SMILES string of the molecule is O=c1cc2c(nn1CCNS(=O)(=O)c1ccc3c(c1)CCCC3)CCCC2. The maximum atomic E-state index is 12.6. The third-order valence-corrected chi connectivity index (χ3v) is 6.98. The van der Waals surface area contributed by atoms with Crippen LogP contribution in [0.1, 0.15) is 48.1 Å². The van der Waals surface area contributed by atoms with E-state index in [1.165, 1.54) is 16.7 Å². The van der Waals surface area contributed by atoms with E-state index in [4.69, 9.17) is 0 Å². The molecular formula is C20H25N3O3S. The van der Waals surface area contributed by atoms with Crippen LogP contribution in [0.15, 0.2) is 34.0 Å². The molecule has 6 nitrogen and oxygen atoms in total. The monoisotopic (exact) mass is 387 g/mol. The molecule has 0 saturated heterocycles. The van der Waals surface area contributed by atoms with Gasteiger partial charge >= 0.3 is 0 Å². The summed E-state index contributed by atoms with van der Waals surface area (Å²) < 4.78 is 29.2. The molecule has 0 bridgehead atoms. The van der Waals surface area contributed by atoms with E-state index in [2.05, 4.69) is 9.82 Å². The Morgan fingerprint density at radius 1 is 0.926 bits per heavy atom. The van der Waals surface area contributed by atoms with Gasteiger partial charge in [0.1, 0.15) is 0 Å². The van der Waals surface area contributed by atoms with E-state index in [9.17, 15) is 13.2 Å². The van der Waals surface area contributed by atoms with Crippen molar-refractivity contribution in [3.8, 4) is 0 Å². The van der Waals surface area contributed by atoms with Crippen molar-refractivity contribution in [2.24, 2.45) is 0 Å². The van der Waals surface area contributed by atoms with Crippen molar-refractivity contribution in [3.05, 3.63) is 57.0 Å². The van der Waals surface area contributed by atoms with Crippen molar-refractivity contribution in [1.82, 2.24) is 14.5 Å².